The minimum atomic E-state index is 0. The highest BCUT2D eigenvalue weighted by Gasteiger charge is 2.18. The molecule has 3 nitrogen and oxygen atoms in total. The van der Waals surface area contributed by atoms with Gasteiger partial charge in [0.2, 0.25) is 0 Å². The zero-order valence-corrected chi connectivity index (χ0v) is 20.4. The molecule has 0 saturated carbocycles. The molecule has 0 unspecified atom stereocenters. The van der Waals surface area contributed by atoms with Crippen LogP contribution >= 0.6 is 71.9 Å². The molecular weight excluding hydrogens is 464 g/mol. The average Bonchev–Trinajstić information content (AvgIpc) is 2.94. The molecule has 3 rings (SSSR count). The molecule has 0 atom stereocenters. The van der Waals surface area contributed by atoms with Gasteiger partial charge in [-0.1, -0.05) is 30.3 Å². The fourth-order valence-electron chi connectivity index (χ4n) is 2.96. The van der Waals surface area contributed by atoms with E-state index in [1.165, 1.54) is 20.6 Å². The Bertz CT molecular complexity index is 659. The van der Waals surface area contributed by atoms with E-state index < -0.39 is 0 Å². The Kier molecular flexibility index (Phi) is 13.4. The SMILES string of the molecule is CCSc1nc(C)c(CCN2CCN(c3ccc(Cl)cc3)CC2)s1.Cl.Cl.Cl. The van der Waals surface area contributed by atoms with Crippen LogP contribution in [0.5, 0.6) is 0 Å². The van der Waals surface area contributed by atoms with Crippen molar-refractivity contribution in [1.82, 2.24) is 9.88 Å². The lowest BCUT2D eigenvalue weighted by atomic mass is 10.2. The number of thioether (sulfide) groups is 1. The van der Waals surface area contributed by atoms with Gasteiger partial charge in [0.05, 0.1) is 5.69 Å². The highest BCUT2D eigenvalue weighted by molar-refractivity contribution is 8.01. The summed E-state index contributed by atoms with van der Waals surface area (Å²) in [5.74, 6) is 1.10. The summed E-state index contributed by atoms with van der Waals surface area (Å²) in [7, 11) is 0. The van der Waals surface area contributed by atoms with Gasteiger partial charge in [-0.05, 0) is 43.4 Å². The summed E-state index contributed by atoms with van der Waals surface area (Å²) in [5.41, 5.74) is 2.49. The first-order valence-corrected chi connectivity index (χ1v) is 10.7. The van der Waals surface area contributed by atoms with E-state index in [4.69, 9.17) is 11.6 Å². The van der Waals surface area contributed by atoms with Crippen LogP contribution in [0.25, 0.3) is 0 Å². The number of piperazine rings is 1. The number of anilines is 1. The molecule has 1 aromatic carbocycles. The van der Waals surface area contributed by atoms with E-state index in [1.807, 2.05) is 35.2 Å². The van der Waals surface area contributed by atoms with Crippen molar-refractivity contribution in [2.24, 2.45) is 0 Å². The molecule has 9 heteroatoms. The Morgan fingerprint density at radius 3 is 2.30 bits per heavy atom. The van der Waals surface area contributed by atoms with E-state index in [-0.39, 0.29) is 37.2 Å². The quantitative estimate of drug-likeness (QED) is 0.473. The van der Waals surface area contributed by atoms with Crippen molar-refractivity contribution in [2.75, 3.05) is 43.4 Å². The number of aryl methyl sites for hydroxylation is 1. The van der Waals surface area contributed by atoms with Crippen molar-refractivity contribution < 1.29 is 0 Å². The number of thiazole rings is 1. The van der Waals surface area contributed by atoms with Gasteiger partial charge in [0.1, 0.15) is 4.34 Å². The molecule has 0 bridgehead atoms. The van der Waals surface area contributed by atoms with Gasteiger partial charge in [-0.15, -0.1) is 48.6 Å². The number of aromatic nitrogens is 1. The second-order valence-corrected chi connectivity index (χ2v) is 9.01. The van der Waals surface area contributed by atoms with Gasteiger partial charge >= 0.3 is 0 Å². The van der Waals surface area contributed by atoms with Crippen LogP contribution in [0.3, 0.4) is 0 Å². The van der Waals surface area contributed by atoms with E-state index in [0.29, 0.717) is 0 Å². The monoisotopic (exact) mass is 489 g/mol. The lowest BCUT2D eigenvalue weighted by molar-refractivity contribution is 0.261. The lowest BCUT2D eigenvalue weighted by Crippen LogP contribution is -2.46. The molecule has 1 aromatic heterocycles. The van der Waals surface area contributed by atoms with Crippen LogP contribution in [0, 0.1) is 6.92 Å². The number of nitrogens with zero attached hydrogens (tertiary/aromatic N) is 3. The number of rotatable bonds is 6. The summed E-state index contributed by atoms with van der Waals surface area (Å²) < 4.78 is 1.22. The summed E-state index contributed by atoms with van der Waals surface area (Å²) in [5, 5.41) is 0.804. The zero-order chi connectivity index (χ0) is 16.9. The van der Waals surface area contributed by atoms with Crippen molar-refractivity contribution in [2.45, 2.75) is 24.6 Å². The molecule has 1 aliphatic heterocycles. The van der Waals surface area contributed by atoms with Gasteiger partial charge in [0, 0.05) is 48.3 Å². The zero-order valence-electron chi connectivity index (χ0n) is 15.5. The topological polar surface area (TPSA) is 19.4 Å². The molecule has 1 fully saturated rings. The maximum Gasteiger partial charge on any atom is 0.150 e. The minimum Gasteiger partial charge on any atom is -0.369 e. The maximum absolute atomic E-state index is 5.98. The van der Waals surface area contributed by atoms with Crippen molar-refractivity contribution in [3.8, 4) is 0 Å². The van der Waals surface area contributed by atoms with Crippen molar-refractivity contribution in [3.63, 3.8) is 0 Å². The molecule has 1 saturated heterocycles. The standard InChI is InChI=1S/C18H24ClN3S2.3ClH/c1-3-23-18-20-14(2)17(24-18)8-9-21-10-12-22(13-11-21)16-6-4-15(19)5-7-16;;;/h4-7H,3,8-13H2,1-2H3;3*1H. The highest BCUT2D eigenvalue weighted by atomic mass is 35.5. The van der Waals surface area contributed by atoms with Gasteiger partial charge in [0.15, 0.2) is 0 Å². The van der Waals surface area contributed by atoms with E-state index >= 15 is 0 Å². The van der Waals surface area contributed by atoms with E-state index in [1.54, 1.807) is 0 Å². The van der Waals surface area contributed by atoms with Crippen molar-refractivity contribution in [1.29, 1.82) is 0 Å². The summed E-state index contributed by atoms with van der Waals surface area (Å²) in [4.78, 5) is 11.1. The number of hydrogen-bond donors (Lipinski definition) is 0. The van der Waals surface area contributed by atoms with Crippen LogP contribution in [0.4, 0.5) is 5.69 Å². The third-order valence-corrected chi connectivity index (χ3v) is 6.85. The molecule has 2 heterocycles. The normalized spacial score (nSPS) is 14.1. The number of benzene rings is 1. The predicted octanol–water partition coefficient (Wildman–Crippen LogP) is 5.85. The van der Waals surface area contributed by atoms with Gasteiger partial charge in [-0.25, -0.2) is 4.98 Å². The molecule has 0 spiro atoms. The molecule has 27 heavy (non-hydrogen) atoms. The molecule has 0 radical (unpaired) electrons. The van der Waals surface area contributed by atoms with Gasteiger partial charge in [0.25, 0.3) is 0 Å². The first-order chi connectivity index (χ1) is 11.7. The summed E-state index contributed by atoms with van der Waals surface area (Å²) in [6.07, 6.45) is 1.12. The Hall–Kier alpha value is 0.120. The molecule has 0 N–H and O–H groups in total. The van der Waals surface area contributed by atoms with Gasteiger partial charge in [-0.3, -0.25) is 4.90 Å². The summed E-state index contributed by atoms with van der Waals surface area (Å²) in [6.45, 7) is 9.87. The molecule has 2 aromatic rings. The van der Waals surface area contributed by atoms with Crippen LogP contribution in [-0.4, -0.2) is 48.4 Å². The third-order valence-electron chi connectivity index (χ3n) is 4.36. The number of hydrogen-bond acceptors (Lipinski definition) is 5. The van der Waals surface area contributed by atoms with Gasteiger partial charge in [-0.2, -0.15) is 0 Å². The second kappa shape index (κ2) is 13.4. The van der Waals surface area contributed by atoms with Crippen molar-refractivity contribution in [3.05, 3.63) is 39.9 Å². The molecular formula is C18H27Cl4N3S2. The summed E-state index contributed by atoms with van der Waals surface area (Å²) >= 11 is 9.70. The third kappa shape index (κ3) is 7.81. The van der Waals surface area contributed by atoms with Crippen LogP contribution in [0.1, 0.15) is 17.5 Å². The molecule has 154 valence electrons. The Morgan fingerprint density at radius 1 is 1.07 bits per heavy atom. The first-order valence-electron chi connectivity index (χ1n) is 8.47. The number of halogens is 4. The maximum atomic E-state index is 5.98. The van der Waals surface area contributed by atoms with E-state index in [2.05, 4.69) is 40.8 Å². The Labute approximate surface area is 194 Å². The highest BCUT2D eigenvalue weighted by Crippen LogP contribution is 2.27. The second-order valence-electron chi connectivity index (χ2n) is 5.98. The molecule has 0 amide bonds. The Morgan fingerprint density at radius 2 is 1.70 bits per heavy atom. The van der Waals surface area contributed by atoms with Crippen LogP contribution in [0.15, 0.2) is 28.6 Å². The van der Waals surface area contributed by atoms with Crippen LogP contribution in [0.2, 0.25) is 5.02 Å². The minimum absolute atomic E-state index is 0. The average molecular weight is 491 g/mol. The van der Waals surface area contributed by atoms with E-state index in [0.717, 1.165) is 49.9 Å². The van der Waals surface area contributed by atoms with Crippen LogP contribution in [-0.2, 0) is 6.42 Å². The molecule has 1 aliphatic rings. The van der Waals surface area contributed by atoms with E-state index in [9.17, 15) is 0 Å². The largest absolute Gasteiger partial charge is 0.369 e. The summed E-state index contributed by atoms with van der Waals surface area (Å²) in [6, 6.07) is 8.18. The van der Waals surface area contributed by atoms with Gasteiger partial charge < -0.3 is 4.90 Å². The fourth-order valence-corrected chi connectivity index (χ4v) is 5.21. The van der Waals surface area contributed by atoms with Crippen LogP contribution < -0.4 is 4.90 Å². The molecule has 0 aliphatic carbocycles. The fraction of sp³-hybridized carbons (Fsp3) is 0.500. The Balaban J connectivity index is 0.00000225. The van der Waals surface area contributed by atoms with Crippen molar-refractivity contribution >= 4 is 77.6 Å². The first kappa shape index (κ1) is 27.1. The lowest BCUT2D eigenvalue weighted by Gasteiger charge is -2.36. The predicted molar refractivity (Wildman–Crippen MR) is 129 cm³/mol. The smallest absolute Gasteiger partial charge is 0.150 e.